The van der Waals surface area contributed by atoms with Gasteiger partial charge in [0.2, 0.25) is 0 Å². The van der Waals surface area contributed by atoms with Crippen molar-refractivity contribution in [1.82, 2.24) is 0 Å². The van der Waals surface area contributed by atoms with Crippen LogP contribution in [-0.2, 0) is 0 Å². The van der Waals surface area contributed by atoms with Crippen LogP contribution in [0.2, 0.25) is 0 Å². The van der Waals surface area contributed by atoms with Crippen molar-refractivity contribution in [3.8, 4) is 39.9 Å². The molecule has 0 atom stereocenters. The van der Waals surface area contributed by atoms with Gasteiger partial charge in [-0.05, 0) is 17.7 Å². The number of methoxy groups -OCH3 is 4. The van der Waals surface area contributed by atoms with E-state index in [2.05, 4.69) is 0 Å². The lowest BCUT2D eigenvalue weighted by atomic mass is 10.0. The average molecular weight is 440 g/mol. The van der Waals surface area contributed by atoms with Gasteiger partial charge in [-0.15, -0.1) is 0 Å². The highest BCUT2D eigenvalue weighted by Crippen LogP contribution is 2.49. The highest BCUT2D eigenvalue weighted by atomic mass is 16.5. The van der Waals surface area contributed by atoms with Crippen molar-refractivity contribution in [1.29, 1.82) is 0 Å². The Morgan fingerprint density at radius 1 is 0.812 bits per heavy atom. The Morgan fingerprint density at radius 3 is 2.06 bits per heavy atom. The van der Waals surface area contributed by atoms with E-state index in [-0.39, 0.29) is 33.9 Å². The molecule has 8 nitrogen and oxygen atoms in total. The van der Waals surface area contributed by atoms with E-state index in [1.54, 1.807) is 31.4 Å². The second-order valence-electron chi connectivity index (χ2n) is 7.49. The summed E-state index contributed by atoms with van der Waals surface area (Å²) in [7, 11) is 6.01. The third kappa shape index (κ3) is 3.10. The number of rotatable bonds is 6. The first-order valence-electron chi connectivity index (χ1n) is 9.95. The molecule has 32 heavy (non-hydrogen) atoms. The normalized spacial score (nSPS) is 11.3. The number of fused-ring (bicyclic) bond motifs is 2. The van der Waals surface area contributed by atoms with Crippen LogP contribution in [0, 0.1) is 0 Å². The molecule has 2 heterocycles. The van der Waals surface area contributed by atoms with Crippen LogP contribution in [-0.4, -0.2) is 33.5 Å². The first-order valence-corrected chi connectivity index (χ1v) is 9.95. The van der Waals surface area contributed by atoms with Gasteiger partial charge in [-0.2, -0.15) is 0 Å². The SMILES string of the molecule is COc1ccc(-c2c(O)c3c(OC)c4c(OC)c(C(C)C)oc4cc3oc2=O)cc1OC. The van der Waals surface area contributed by atoms with Crippen LogP contribution >= 0.6 is 0 Å². The second-order valence-corrected chi connectivity index (χ2v) is 7.49. The molecule has 0 amide bonds. The fourth-order valence-corrected chi connectivity index (χ4v) is 3.91. The first kappa shape index (κ1) is 21.4. The third-order valence-electron chi connectivity index (χ3n) is 5.37. The molecule has 2 aromatic carbocycles. The molecule has 2 aromatic heterocycles. The molecule has 4 aromatic rings. The lowest BCUT2D eigenvalue weighted by Gasteiger charge is -2.13. The van der Waals surface area contributed by atoms with E-state index in [0.29, 0.717) is 39.5 Å². The largest absolute Gasteiger partial charge is 0.506 e. The van der Waals surface area contributed by atoms with Crippen LogP contribution < -0.4 is 24.6 Å². The molecule has 168 valence electrons. The van der Waals surface area contributed by atoms with E-state index in [9.17, 15) is 9.90 Å². The summed E-state index contributed by atoms with van der Waals surface area (Å²) < 4.78 is 33.4. The van der Waals surface area contributed by atoms with Gasteiger partial charge >= 0.3 is 5.63 Å². The molecule has 8 heteroatoms. The minimum absolute atomic E-state index is 0.0253. The standard InChI is InChI=1S/C24H24O8/c1-11(2)21-23(30-6)19-16(31-21)10-15-18(22(19)29-5)20(25)17(24(26)32-15)12-7-8-13(27-3)14(9-12)28-4/h7-11,25H,1-6H3. The van der Waals surface area contributed by atoms with Crippen molar-refractivity contribution < 1.29 is 32.9 Å². The molecule has 0 fully saturated rings. The van der Waals surface area contributed by atoms with Crippen LogP contribution in [0.5, 0.6) is 28.7 Å². The molecule has 4 rings (SSSR count). The van der Waals surface area contributed by atoms with Crippen molar-refractivity contribution in [2.24, 2.45) is 0 Å². The van der Waals surface area contributed by atoms with Gasteiger partial charge in [-0.25, -0.2) is 4.79 Å². The molecule has 0 radical (unpaired) electrons. The first-order chi connectivity index (χ1) is 15.4. The summed E-state index contributed by atoms with van der Waals surface area (Å²) in [6.45, 7) is 3.94. The molecular weight excluding hydrogens is 416 g/mol. The Kier molecular flexibility index (Phi) is 5.38. The Bertz CT molecular complexity index is 1380. The maximum atomic E-state index is 12.9. The maximum Gasteiger partial charge on any atom is 0.347 e. The van der Waals surface area contributed by atoms with Gasteiger partial charge in [-0.1, -0.05) is 19.9 Å². The minimum atomic E-state index is -0.716. The molecule has 0 unspecified atom stereocenters. The smallest absolute Gasteiger partial charge is 0.347 e. The lowest BCUT2D eigenvalue weighted by Crippen LogP contribution is -2.05. The summed E-state index contributed by atoms with van der Waals surface area (Å²) in [4.78, 5) is 12.9. The van der Waals surface area contributed by atoms with Crippen molar-refractivity contribution in [3.05, 3.63) is 40.4 Å². The maximum absolute atomic E-state index is 12.9. The Hall–Kier alpha value is -3.81. The molecule has 0 aliphatic carbocycles. The Morgan fingerprint density at radius 2 is 1.47 bits per heavy atom. The summed E-state index contributed by atoms with van der Waals surface area (Å²) in [5.41, 5.74) is 0.220. The number of hydrogen-bond donors (Lipinski definition) is 1. The summed E-state index contributed by atoms with van der Waals surface area (Å²) in [5.74, 6) is 2.07. The predicted molar refractivity (Wildman–Crippen MR) is 120 cm³/mol. The van der Waals surface area contributed by atoms with Gasteiger partial charge in [0.05, 0.1) is 28.4 Å². The topological polar surface area (TPSA) is 101 Å². The average Bonchev–Trinajstić information content (AvgIpc) is 3.16. The molecule has 0 aliphatic rings. The molecule has 0 saturated carbocycles. The van der Waals surface area contributed by atoms with Gasteiger partial charge < -0.3 is 32.9 Å². The van der Waals surface area contributed by atoms with Crippen LogP contribution in [0.4, 0.5) is 0 Å². The fraction of sp³-hybridized carbons (Fsp3) is 0.292. The lowest BCUT2D eigenvalue weighted by molar-refractivity contribution is 0.355. The van der Waals surface area contributed by atoms with Gasteiger partial charge in [-0.3, -0.25) is 0 Å². The highest BCUT2D eigenvalue weighted by Gasteiger charge is 2.27. The number of ether oxygens (including phenoxy) is 4. The van der Waals surface area contributed by atoms with Crippen LogP contribution in [0.15, 0.2) is 37.9 Å². The fourth-order valence-electron chi connectivity index (χ4n) is 3.91. The zero-order valence-electron chi connectivity index (χ0n) is 18.7. The number of furan rings is 1. The van der Waals surface area contributed by atoms with Crippen LogP contribution in [0.25, 0.3) is 33.1 Å². The van der Waals surface area contributed by atoms with Gasteiger partial charge in [0.25, 0.3) is 0 Å². The molecule has 0 aliphatic heterocycles. The van der Waals surface area contributed by atoms with Crippen molar-refractivity contribution >= 4 is 21.9 Å². The van der Waals surface area contributed by atoms with E-state index in [4.69, 9.17) is 27.8 Å². The van der Waals surface area contributed by atoms with Crippen molar-refractivity contribution in [3.63, 3.8) is 0 Å². The number of benzene rings is 2. The number of aromatic hydroxyl groups is 1. The zero-order chi connectivity index (χ0) is 23.2. The third-order valence-corrected chi connectivity index (χ3v) is 5.37. The van der Waals surface area contributed by atoms with Gasteiger partial charge in [0.15, 0.2) is 17.2 Å². The molecule has 0 bridgehead atoms. The van der Waals surface area contributed by atoms with E-state index in [0.717, 1.165) is 0 Å². The molecule has 0 spiro atoms. The summed E-state index contributed by atoms with van der Waals surface area (Å²) in [6, 6.07) is 6.43. The van der Waals surface area contributed by atoms with E-state index >= 15 is 0 Å². The predicted octanol–water partition coefficient (Wildman–Crippen LogP) is 5.07. The van der Waals surface area contributed by atoms with Crippen LogP contribution in [0.3, 0.4) is 0 Å². The monoisotopic (exact) mass is 440 g/mol. The van der Waals surface area contributed by atoms with E-state index in [1.807, 2.05) is 13.8 Å². The number of hydrogen-bond acceptors (Lipinski definition) is 8. The van der Waals surface area contributed by atoms with E-state index in [1.165, 1.54) is 21.3 Å². The van der Waals surface area contributed by atoms with Crippen molar-refractivity contribution in [2.45, 2.75) is 19.8 Å². The minimum Gasteiger partial charge on any atom is -0.506 e. The highest BCUT2D eigenvalue weighted by molar-refractivity contribution is 6.08. The quantitative estimate of drug-likeness (QED) is 0.415. The summed E-state index contributed by atoms with van der Waals surface area (Å²) >= 11 is 0. The van der Waals surface area contributed by atoms with Crippen LogP contribution in [0.1, 0.15) is 25.5 Å². The second kappa shape index (κ2) is 8.03. The molecule has 1 N–H and O–H groups in total. The zero-order valence-corrected chi connectivity index (χ0v) is 18.7. The summed E-state index contributed by atoms with van der Waals surface area (Å²) in [6.07, 6.45) is 0. The van der Waals surface area contributed by atoms with Gasteiger partial charge in [0.1, 0.15) is 44.8 Å². The molecular formula is C24H24O8. The molecule has 0 saturated heterocycles. The summed E-state index contributed by atoms with van der Waals surface area (Å²) in [5, 5.41) is 12.0. The Balaban J connectivity index is 2.11. The van der Waals surface area contributed by atoms with Gasteiger partial charge in [0, 0.05) is 12.0 Å². The van der Waals surface area contributed by atoms with Crippen molar-refractivity contribution in [2.75, 3.05) is 28.4 Å². The van der Waals surface area contributed by atoms with E-state index < -0.39 is 5.63 Å². The Labute approximate surface area is 183 Å².